The van der Waals surface area contributed by atoms with Gasteiger partial charge in [-0.25, -0.2) is 13.1 Å². The zero-order chi connectivity index (χ0) is 18.7. The molecular formula is C19H22N2O4S. The molecule has 138 valence electrons. The predicted molar refractivity (Wildman–Crippen MR) is 99.8 cm³/mol. The molecule has 0 saturated heterocycles. The van der Waals surface area contributed by atoms with Crippen molar-refractivity contribution in [2.75, 3.05) is 18.5 Å². The SMILES string of the molecule is CN1C(=O)CCc2cc(S(=O)(=O)NCCCc3ccc(O)cc3)ccc21. The van der Waals surface area contributed by atoms with E-state index in [0.29, 0.717) is 25.8 Å². The molecule has 6 nitrogen and oxygen atoms in total. The van der Waals surface area contributed by atoms with Gasteiger partial charge in [0.1, 0.15) is 5.75 Å². The molecule has 1 heterocycles. The average Bonchev–Trinajstić information content (AvgIpc) is 2.63. The first kappa shape index (κ1) is 18.4. The summed E-state index contributed by atoms with van der Waals surface area (Å²) < 4.78 is 27.6. The molecule has 0 radical (unpaired) electrons. The highest BCUT2D eigenvalue weighted by atomic mass is 32.2. The molecule has 0 unspecified atom stereocenters. The average molecular weight is 374 g/mol. The number of phenols is 1. The van der Waals surface area contributed by atoms with Crippen molar-refractivity contribution >= 4 is 21.6 Å². The summed E-state index contributed by atoms with van der Waals surface area (Å²) in [7, 11) is -1.87. The summed E-state index contributed by atoms with van der Waals surface area (Å²) in [5.74, 6) is 0.259. The number of benzene rings is 2. The summed E-state index contributed by atoms with van der Waals surface area (Å²) in [5.41, 5.74) is 2.69. The van der Waals surface area contributed by atoms with E-state index >= 15 is 0 Å². The lowest BCUT2D eigenvalue weighted by molar-refractivity contribution is -0.118. The van der Waals surface area contributed by atoms with Crippen molar-refractivity contribution < 1.29 is 18.3 Å². The molecule has 0 atom stereocenters. The minimum absolute atomic E-state index is 0.0421. The molecule has 1 aliphatic rings. The van der Waals surface area contributed by atoms with Gasteiger partial charge in [-0.3, -0.25) is 4.79 Å². The van der Waals surface area contributed by atoms with Crippen molar-refractivity contribution in [3.05, 3.63) is 53.6 Å². The number of amides is 1. The molecule has 3 rings (SSSR count). The predicted octanol–water partition coefficient (Wildman–Crippen LogP) is 2.21. The molecular weight excluding hydrogens is 352 g/mol. The van der Waals surface area contributed by atoms with Crippen molar-refractivity contribution in [2.45, 2.75) is 30.6 Å². The van der Waals surface area contributed by atoms with Crippen LogP contribution in [0.2, 0.25) is 0 Å². The lowest BCUT2D eigenvalue weighted by Gasteiger charge is -2.26. The number of fused-ring (bicyclic) bond motifs is 1. The molecule has 2 aromatic rings. The fourth-order valence-electron chi connectivity index (χ4n) is 3.05. The van der Waals surface area contributed by atoms with Gasteiger partial charge in [-0.1, -0.05) is 12.1 Å². The Balaban J connectivity index is 1.61. The maximum Gasteiger partial charge on any atom is 0.240 e. The first-order chi connectivity index (χ1) is 12.4. The lowest BCUT2D eigenvalue weighted by atomic mass is 10.0. The number of rotatable bonds is 6. The second kappa shape index (κ2) is 7.47. The second-order valence-corrected chi connectivity index (χ2v) is 8.18. The highest BCUT2D eigenvalue weighted by molar-refractivity contribution is 7.89. The quantitative estimate of drug-likeness (QED) is 0.759. The Bertz CT molecular complexity index is 908. The highest BCUT2D eigenvalue weighted by Gasteiger charge is 2.23. The van der Waals surface area contributed by atoms with Crippen molar-refractivity contribution in [1.29, 1.82) is 0 Å². The summed E-state index contributed by atoms with van der Waals surface area (Å²) in [4.78, 5) is 13.5. The Morgan fingerprint density at radius 1 is 1.12 bits per heavy atom. The molecule has 1 amide bonds. The van der Waals surface area contributed by atoms with E-state index in [1.807, 2.05) is 12.1 Å². The van der Waals surface area contributed by atoms with Crippen LogP contribution in [0.5, 0.6) is 5.75 Å². The number of aryl methyl sites for hydroxylation is 2. The molecule has 0 aromatic heterocycles. The van der Waals surface area contributed by atoms with Crippen LogP contribution in [0.15, 0.2) is 47.4 Å². The number of carbonyl (C=O) groups is 1. The first-order valence-corrected chi connectivity index (χ1v) is 10.0. The molecule has 0 saturated carbocycles. The van der Waals surface area contributed by atoms with Crippen LogP contribution < -0.4 is 9.62 Å². The molecule has 0 aliphatic carbocycles. The molecule has 26 heavy (non-hydrogen) atoms. The van der Waals surface area contributed by atoms with E-state index in [-0.39, 0.29) is 16.6 Å². The number of sulfonamides is 1. The normalized spacial score (nSPS) is 14.3. The Morgan fingerprint density at radius 3 is 2.58 bits per heavy atom. The van der Waals surface area contributed by atoms with Crippen LogP contribution in [0.1, 0.15) is 24.0 Å². The molecule has 0 fully saturated rings. The van der Waals surface area contributed by atoms with Gasteiger partial charge in [0.05, 0.1) is 4.90 Å². The number of anilines is 1. The van der Waals surface area contributed by atoms with Crippen LogP contribution in [0, 0.1) is 0 Å². The fraction of sp³-hybridized carbons (Fsp3) is 0.316. The molecule has 1 aliphatic heterocycles. The molecule has 0 bridgehead atoms. The highest BCUT2D eigenvalue weighted by Crippen LogP contribution is 2.28. The smallest absolute Gasteiger partial charge is 0.240 e. The fourth-order valence-corrected chi connectivity index (χ4v) is 4.17. The standard InChI is InChI=1S/C19H22N2O4S/c1-21-18-10-9-17(13-15(18)6-11-19(21)23)26(24,25)20-12-2-3-14-4-7-16(22)8-5-14/h4-5,7-10,13,20,22H,2-3,6,11-12H2,1H3. The largest absolute Gasteiger partial charge is 0.508 e. The molecule has 7 heteroatoms. The summed E-state index contributed by atoms with van der Waals surface area (Å²) in [6.45, 7) is 0.332. The Hall–Kier alpha value is -2.38. The lowest BCUT2D eigenvalue weighted by Crippen LogP contribution is -2.31. The van der Waals surface area contributed by atoms with Crippen molar-refractivity contribution in [3.8, 4) is 5.75 Å². The summed E-state index contributed by atoms with van der Waals surface area (Å²) >= 11 is 0. The first-order valence-electron chi connectivity index (χ1n) is 8.54. The van der Waals surface area contributed by atoms with E-state index in [2.05, 4.69) is 4.72 Å². The van der Waals surface area contributed by atoms with Crippen LogP contribution in [0.4, 0.5) is 5.69 Å². The molecule has 2 aromatic carbocycles. The Kier molecular flexibility index (Phi) is 5.29. The van der Waals surface area contributed by atoms with Gasteiger partial charge in [0.15, 0.2) is 0 Å². The number of hydrogen-bond acceptors (Lipinski definition) is 4. The van der Waals surface area contributed by atoms with Crippen LogP contribution >= 0.6 is 0 Å². The minimum atomic E-state index is -3.58. The van der Waals surface area contributed by atoms with E-state index in [1.54, 1.807) is 36.2 Å². The van der Waals surface area contributed by atoms with Gasteiger partial charge in [0.2, 0.25) is 15.9 Å². The van der Waals surface area contributed by atoms with Crippen molar-refractivity contribution in [2.24, 2.45) is 0 Å². The van der Waals surface area contributed by atoms with Gasteiger partial charge in [0.25, 0.3) is 0 Å². The monoisotopic (exact) mass is 374 g/mol. The topological polar surface area (TPSA) is 86.7 Å². The van der Waals surface area contributed by atoms with Crippen LogP contribution in [0.25, 0.3) is 0 Å². The van der Waals surface area contributed by atoms with Gasteiger partial charge in [-0.2, -0.15) is 0 Å². The third-order valence-electron chi connectivity index (χ3n) is 4.58. The van der Waals surface area contributed by atoms with Crippen LogP contribution in [-0.2, 0) is 27.7 Å². The second-order valence-electron chi connectivity index (χ2n) is 6.41. The number of nitrogens with zero attached hydrogens (tertiary/aromatic N) is 1. The van der Waals surface area contributed by atoms with E-state index in [4.69, 9.17) is 0 Å². The summed E-state index contributed by atoms with van der Waals surface area (Å²) in [5, 5.41) is 9.26. The number of hydrogen-bond donors (Lipinski definition) is 2. The van der Waals surface area contributed by atoms with Gasteiger partial charge < -0.3 is 10.0 Å². The van der Waals surface area contributed by atoms with Gasteiger partial charge >= 0.3 is 0 Å². The molecule has 0 spiro atoms. The Morgan fingerprint density at radius 2 is 1.85 bits per heavy atom. The number of carbonyl (C=O) groups excluding carboxylic acids is 1. The number of phenolic OH excluding ortho intramolecular Hbond substituents is 1. The zero-order valence-corrected chi connectivity index (χ0v) is 15.4. The maximum atomic E-state index is 12.5. The van der Waals surface area contributed by atoms with Crippen LogP contribution in [0.3, 0.4) is 0 Å². The maximum absolute atomic E-state index is 12.5. The van der Waals surface area contributed by atoms with Crippen LogP contribution in [-0.4, -0.2) is 33.0 Å². The van der Waals surface area contributed by atoms with E-state index in [0.717, 1.165) is 23.2 Å². The summed E-state index contributed by atoms with van der Waals surface area (Å²) in [6.07, 6.45) is 2.34. The molecule has 2 N–H and O–H groups in total. The minimum Gasteiger partial charge on any atom is -0.508 e. The van der Waals surface area contributed by atoms with Crippen molar-refractivity contribution in [1.82, 2.24) is 4.72 Å². The van der Waals surface area contributed by atoms with Gasteiger partial charge in [-0.05, 0) is 60.7 Å². The number of aromatic hydroxyl groups is 1. The van der Waals surface area contributed by atoms with Gasteiger partial charge in [-0.15, -0.1) is 0 Å². The van der Waals surface area contributed by atoms with Gasteiger partial charge in [0, 0.05) is 25.7 Å². The third-order valence-corrected chi connectivity index (χ3v) is 6.03. The number of nitrogens with one attached hydrogen (secondary N) is 1. The van der Waals surface area contributed by atoms with Crippen molar-refractivity contribution in [3.63, 3.8) is 0 Å². The Labute approximate surface area is 153 Å². The third kappa shape index (κ3) is 4.05. The summed E-state index contributed by atoms with van der Waals surface area (Å²) in [6, 6.07) is 11.8. The van der Waals surface area contributed by atoms with E-state index in [9.17, 15) is 18.3 Å². The van der Waals surface area contributed by atoms with E-state index in [1.165, 1.54) is 6.07 Å². The zero-order valence-electron chi connectivity index (χ0n) is 14.6. The van der Waals surface area contributed by atoms with E-state index < -0.39 is 10.0 Å².